The number of hydrogen-bond donors (Lipinski definition) is 0. The van der Waals surface area contributed by atoms with E-state index in [9.17, 15) is 4.79 Å². The van der Waals surface area contributed by atoms with Crippen molar-refractivity contribution in [1.82, 2.24) is 4.90 Å². The fraction of sp³-hybridized carbons (Fsp3) is 0.462. The van der Waals surface area contributed by atoms with Gasteiger partial charge in [0.05, 0.1) is 0 Å². The van der Waals surface area contributed by atoms with Gasteiger partial charge in [-0.3, -0.25) is 9.69 Å². The summed E-state index contributed by atoms with van der Waals surface area (Å²) in [6.45, 7) is 2.70. The zero-order valence-electron chi connectivity index (χ0n) is 10.0. The van der Waals surface area contributed by atoms with Crippen LogP contribution in [0.4, 0.5) is 0 Å². The van der Waals surface area contributed by atoms with Crippen LogP contribution in [0.25, 0.3) is 0 Å². The number of halogens is 1. The van der Waals surface area contributed by atoms with Crippen molar-refractivity contribution in [3.63, 3.8) is 0 Å². The molecule has 0 aromatic heterocycles. The fourth-order valence-corrected chi connectivity index (χ4v) is 2.35. The summed E-state index contributed by atoms with van der Waals surface area (Å²) in [5.74, 6) is -0.0999. The lowest BCUT2D eigenvalue weighted by Crippen LogP contribution is -2.34. The van der Waals surface area contributed by atoms with Crippen LogP contribution >= 0.6 is 15.9 Å². The van der Waals surface area contributed by atoms with E-state index in [4.69, 9.17) is 4.74 Å². The third-order valence-corrected chi connectivity index (χ3v) is 3.55. The summed E-state index contributed by atoms with van der Waals surface area (Å²) in [5.41, 5.74) is 1.20. The van der Waals surface area contributed by atoms with Crippen molar-refractivity contribution in [1.29, 1.82) is 0 Å². The number of hydrogen-bond acceptors (Lipinski definition) is 3. The molecule has 2 atom stereocenters. The van der Waals surface area contributed by atoms with Crippen molar-refractivity contribution in [3.8, 4) is 0 Å². The second-order valence-electron chi connectivity index (χ2n) is 4.54. The zero-order chi connectivity index (χ0) is 12.4. The minimum absolute atomic E-state index is 0.0415. The van der Waals surface area contributed by atoms with E-state index in [0.29, 0.717) is 0 Å². The lowest BCUT2D eigenvalue weighted by Gasteiger charge is -2.20. The molecule has 1 aliphatic heterocycles. The summed E-state index contributed by atoms with van der Waals surface area (Å²) in [7, 11) is 1.96. The molecule has 4 heteroatoms. The topological polar surface area (TPSA) is 29.5 Å². The molecule has 1 aromatic rings. The molecule has 1 heterocycles. The summed E-state index contributed by atoms with van der Waals surface area (Å²) in [4.78, 5) is 13.6. The first-order chi connectivity index (χ1) is 8.06. The van der Waals surface area contributed by atoms with Crippen molar-refractivity contribution >= 4 is 21.9 Å². The van der Waals surface area contributed by atoms with Crippen molar-refractivity contribution in [2.75, 3.05) is 7.05 Å². The van der Waals surface area contributed by atoms with Gasteiger partial charge in [0.15, 0.2) is 0 Å². The molecule has 0 radical (unpaired) electrons. The maximum absolute atomic E-state index is 11.6. The van der Waals surface area contributed by atoms with E-state index in [1.807, 2.05) is 26.1 Å². The monoisotopic (exact) mass is 297 g/mol. The molecule has 2 rings (SSSR count). The quantitative estimate of drug-likeness (QED) is 0.803. The van der Waals surface area contributed by atoms with Crippen LogP contribution in [0.2, 0.25) is 0 Å². The molecule has 1 fully saturated rings. The smallest absolute Gasteiger partial charge is 0.323 e. The van der Waals surface area contributed by atoms with E-state index >= 15 is 0 Å². The third kappa shape index (κ3) is 3.07. The Labute approximate surface area is 110 Å². The Hall–Kier alpha value is -0.870. The Morgan fingerprint density at radius 2 is 2.06 bits per heavy atom. The van der Waals surface area contributed by atoms with Crippen LogP contribution in [0.1, 0.15) is 18.9 Å². The molecule has 1 aliphatic rings. The standard InChI is InChI=1S/C13H16BrNO2/c1-9-7-12(13(16)17-9)15(2)8-10-3-5-11(14)6-4-10/h3-6,9,12H,7-8H2,1-2H3/t9-,12+/m1/s1. The molecule has 1 aromatic carbocycles. The number of rotatable bonds is 3. The number of nitrogens with zero attached hydrogens (tertiary/aromatic N) is 1. The summed E-state index contributed by atoms with van der Waals surface area (Å²) >= 11 is 3.41. The van der Waals surface area contributed by atoms with Crippen LogP contribution in [-0.2, 0) is 16.1 Å². The van der Waals surface area contributed by atoms with Crippen molar-refractivity contribution in [2.24, 2.45) is 0 Å². The molecule has 1 saturated heterocycles. The average Bonchev–Trinajstić information content (AvgIpc) is 2.61. The Balaban J connectivity index is 1.99. The van der Waals surface area contributed by atoms with Gasteiger partial charge in [0.25, 0.3) is 0 Å². The highest BCUT2D eigenvalue weighted by atomic mass is 79.9. The molecule has 92 valence electrons. The second kappa shape index (κ2) is 5.19. The molecule has 0 N–H and O–H groups in total. The van der Waals surface area contributed by atoms with E-state index < -0.39 is 0 Å². The van der Waals surface area contributed by atoms with Gasteiger partial charge in [0, 0.05) is 17.4 Å². The van der Waals surface area contributed by atoms with Gasteiger partial charge in [0.2, 0.25) is 0 Å². The van der Waals surface area contributed by atoms with E-state index in [0.717, 1.165) is 17.4 Å². The van der Waals surface area contributed by atoms with Crippen LogP contribution in [-0.4, -0.2) is 30.1 Å². The zero-order valence-corrected chi connectivity index (χ0v) is 11.6. The van der Waals surface area contributed by atoms with E-state index in [1.165, 1.54) is 5.56 Å². The second-order valence-corrected chi connectivity index (χ2v) is 5.46. The number of esters is 1. The first kappa shape index (κ1) is 12.6. The Morgan fingerprint density at radius 3 is 2.59 bits per heavy atom. The predicted molar refractivity (Wildman–Crippen MR) is 69.6 cm³/mol. The molecule has 0 amide bonds. The Bertz CT molecular complexity index is 404. The Kier molecular flexibility index (Phi) is 3.84. The van der Waals surface area contributed by atoms with Gasteiger partial charge < -0.3 is 4.74 Å². The first-order valence-corrected chi connectivity index (χ1v) is 6.51. The van der Waals surface area contributed by atoms with Crippen LogP contribution in [0, 0.1) is 0 Å². The molecule has 0 unspecified atom stereocenters. The number of benzene rings is 1. The summed E-state index contributed by atoms with van der Waals surface area (Å²) in [6, 6.07) is 8.04. The van der Waals surface area contributed by atoms with Crippen molar-refractivity contribution in [2.45, 2.75) is 32.0 Å². The van der Waals surface area contributed by atoms with Crippen LogP contribution in [0.3, 0.4) is 0 Å². The molecular weight excluding hydrogens is 282 g/mol. The molecule has 3 nitrogen and oxygen atoms in total. The van der Waals surface area contributed by atoms with Gasteiger partial charge >= 0.3 is 5.97 Å². The highest BCUT2D eigenvalue weighted by Gasteiger charge is 2.34. The van der Waals surface area contributed by atoms with Gasteiger partial charge in [-0.25, -0.2) is 0 Å². The molecule has 17 heavy (non-hydrogen) atoms. The minimum atomic E-state index is -0.103. The fourth-order valence-electron chi connectivity index (χ4n) is 2.08. The Morgan fingerprint density at radius 1 is 1.41 bits per heavy atom. The molecule has 0 aliphatic carbocycles. The lowest BCUT2D eigenvalue weighted by atomic mass is 10.1. The first-order valence-electron chi connectivity index (χ1n) is 5.71. The van der Waals surface area contributed by atoms with Crippen molar-refractivity contribution < 1.29 is 9.53 Å². The van der Waals surface area contributed by atoms with Gasteiger partial charge in [-0.2, -0.15) is 0 Å². The van der Waals surface area contributed by atoms with Gasteiger partial charge in [-0.15, -0.1) is 0 Å². The van der Waals surface area contributed by atoms with Crippen LogP contribution in [0.5, 0.6) is 0 Å². The number of cyclic esters (lactones) is 1. The van der Waals surface area contributed by atoms with Gasteiger partial charge in [0.1, 0.15) is 12.1 Å². The molecular formula is C13H16BrNO2. The molecule has 0 saturated carbocycles. The van der Waals surface area contributed by atoms with Crippen LogP contribution in [0.15, 0.2) is 28.7 Å². The van der Waals surface area contributed by atoms with Gasteiger partial charge in [-0.05, 0) is 31.7 Å². The van der Waals surface area contributed by atoms with Crippen molar-refractivity contribution in [3.05, 3.63) is 34.3 Å². The van der Waals surface area contributed by atoms with Crippen LogP contribution < -0.4 is 0 Å². The number of likely N-dealkylation sites (N-methyl/N-ethyl adjacent to an activating group) is 1. The molecule has 0 bridgehead atoms. The summed E-state index contributed by atoms with van der Waals surface area (Å²) < 4.78 is 6.23. The molecule has 0 spiro atoms. The number of carbonyl (C=O) groups is 1. The number of carbonyl (C=O) groups excluding carboxylic acids is 1. The van der Waals surface area contributed by atoms with E-state index in [2.05, 4.69) is 33.0 Å². The summed E-state index contributed by atoms with van der Waals surface area (Å²) in [5, 5.41) is 0. The summed E-state index contributed by atoms with van der Waals surface area (Å²) in [6.07, 6.45) is 0.825. The lowest BCUT2D eigenvalue weighted by molar-refractivity contribution is -0.144. The largest absolute Gasteiger partial charge is 0.461 e. The SMILES string of the molecule is C[C@@H]1C[C@H](N(C)Cc2ccc(Br)cc2)C(=O)O1. The maximum atomic E-state index is 11.6. The van der Waals surface area contributed by atoms with Gasteiger partial charge in [-0.1, -0.05) is 28.1 Å². The highest BCUT2D eigenvalue weighted by molar-refractivity contribution is 9.10. The van der Waals surface area contributed by atoms with E-state index in [-0.39, 0.29) is 18.1 Å². The van der Waals surface area contributed by atoms with E-state index in [1.54, 1.807) is 0 Å². The number of ether oxygens (including phenoxy) is 1. The average molecular weight is 298 g/mol. The normalized spacial score (nSPS) is 24.1. The predicted octanol–water partition coefficient (Wildman–Crippen LogP) is 2.58. The maximum Gasteiger partial charge on any atom is 0.323 e. The third-order valence-electron chi connectivity index (χ3n) is 3.02. The highest BCUT2D eigenvalue weighted by Crippen LogP contribution is 2.20. The minimum Gasteiger partial charge on any atom is -0.461 e.